The van der Waals surface area contributed by atoms with Crippen molar-refractivity contribution in [2.75, 3.05) is 0 Å². The zero-order chi connectivity index (χ0) is 10.5. The van der Waals surface area contributed by atoms with E-state index >= 15 is 0 Å². The van der Waals surface area contributed by atoms with Crippen LogP contribution in [0.4, 0.5) is 0 Å². The number of hydrogen-bond acceptors (Lipinski definition) is 1. The lowest BCUT2D eigenvalue weighted by molar-refractivity contribution is 0.913. The zero-order valence-corrected chi connectivity index (χ0v) is 9.94. The van der Waals surface area contributed by atoms with Gasteiger partial charge in [-0.1, -0.05) is 34.1 Å². The molecule has 0 N–H and O–H groups in total. The summed E-state index contributed by atoms with van der Waals surface area (Å²) in [4.78, 5) is 4.30. The third kappa shape index (κ3) is 3.17. The molecule has 1 heterocycles. The van der Waals surface area contributed by atoms with Gasteiger partial charge in [0.15, 0.2) is 0 Å². The van der Waals surface area contributed by atoms with Crippen molar-refractivity contribution in [1.29, 1.82) is 0 Å². The second kappa shape index (κ2) is 5.08. The molecule has 76 valence electrons. The van der Waals surface area contributed by atoms with Crippen LogP contribution >= 0.6 is 15.9 Å². The Morgan fingerprint density at radius 3 is 2.67 bits per heavy atom. The maximum absolute atomic E-state index is 4.30. The van der Waals surface area contributed by atoms with E-state index in [4.69, 9.17) is 0 Å². The van der Waals surface area contributed by atoms with Crippen LogP contribution in [-0.2, 0) is 12.8 Å². The molecule has 0 spiro atoms. The van der Waals surface area contributed by atoms with E-state index in [0.29, 0.717) is 0 Å². The van der Waals surface area contributed by atoms with Gasteiger partial charge in [0.25, 0.3) is 0 Å². The SMILES string of the molecule is Brc1cccc(CCc2ccccn2)c1. The second-order valence-electron chi connectivity index (χ2n) is 3.45. The Balaban J connectivity index is 1.99. The quantitative estimate of drug-likeness (QED) is 0.823. The molecule has 1 aromatic heterocycles. The lowest BCUT2D eigenvalue weighted by Crippen LogP contribution is -1.93. The van der Waals surface area contributed by atoms with E-state index in [0.717, 1.165) is 23.0 Å². The first-order valence-corrected chi connectivity index (χ1v) is 5.78. The lowest BCUT2D eigenvalue weighted by Gasteiger charge is -2.01. The summed E-state index contributed by atoms with van der Waals surface area (Å²) in [7, 11) is 0. The molecule has 1 aromatic carbocycles. The predicted octanol–water partition coefficient (Wildman–Crippen LogP) is 3.63. The van der Waals surface area contributed by atoms with Crippen LogP contribution in [0.2, 0.25) is 0 Å². The molecule has 0 radical (unpaired) electrons. The lowest BCUT2D eigenvalue weighted by atomic mass is 10.1. The molecule has 0 unspecified atom stereocenters. The summed E-state index contributed by atoms with van der Waals surface area (Å²) >= 11 is 3.47. The fourth-order valence-corrected chi connectivity index (χ4v) is 1.96. The highest BCUT2D eigenvalue weighted by atomic mass is 79.9. The van der Waals surface area contributed by atoms with Crippen molar-refractivity contribution in [1.82, 2.24) is 4.98 Å². The molecule has 0 saturated carbocycles. The van der Waals surface area contributed by atoms with Gasteiger partial charge in [-0.2, -0.15) is 0 Å². The number of aryl methyl sites for hydroxylation is 2. The summed E-state index contributed by atoms with van der Waals surface area (Å²) in [6.45, 7) is 0. The van der Waals surface area contributed by atoms with Gasteiger partial charge in [0.1, 0.15) is 0 Å². The van der Waals surface area contributed by atoms with Gasteiger partial charge in [0.2, 0.25) is 0 Å². The molecule has 0 amide bonds. The molecule has 2 aromatic rings. The highest BCUT2D eigenvalue weighted by Gasteiger charge is 1.96. The minimum atomic E-state index is 0.997. The van der Waals surface area contributed by atoms with E-state index in [1.807, 2.05) is 24.4 Å². The van der Waals surface area contributed by atoms with E-state index in [1.165, 1.54) is 5.56 Å². The number of rotatable bonds is 3. The van der Waals surface area contributed by atoms with Crippen LogP contribution in [0.3, 0.4) is 0 Å². The molecule has 2 rings (SSSR count). The molecular formula is C13H12BrN. The third-order valence-corrected chi connectivity index (χ3v) is 2.78. The third-order valence-electron chi connectivity index (χ3n) is 2.28. The Bertz CT molecular complexity index is 426. The summed E-state index contributed by atoms with van der Waals surface area (Å²) in [5.74, 6) is 0. The summed E-state index contributed by atoms with van der Waals surface area (Å²) in [6, 6.07) is 14.5. The second-order valence-corrected chi connectivity index (χ2v) is 4.37. The Labute approximate surface area is 98.3 Å². The van der Waals surface area contributed by atoms with Gasteiger partial charge >= 0.3 is 0 Å². The summed E-state index contributed by atoms with van der Waals surface area (Å²) in [6.07, 6.45) is 3.88. The van der Waals surface area contributed by atoms with Gasteiger partial charge in [-0.3, -0.25) is 4.98 Å². The fourth-order valence-electron chi connectivity index (χ4n) is 1.51. The predicted molar refractivity (Wildman–Crippen MR) is 65.8 cm³/mol. The average Bonchev–Trinajstić information content (AvgIpc) is 2.28. The number of benzene rings is 1. The minimum Gasteiger partial charge on any atom is -0.261 e. The maximum atomic E-state index is 4.30. The normalized spacial score (nSPS) is 10.2. The molecule has 0 saturated heterocycles. The highest BCUT2D eigenvalue weighted by Crippen LogP contribution is 2.13. The van der Waals surface area contributed by atoms with E-state index in [1.54, 1.807) is 0 Å². The molecule has 0 aliphatic carbocycles. The first kappa shape index (κ1) is 10.4. The van der Waals surface area contributed by atoms with Gasteiger partial charge < -0.3 is 0 Å². The van der Waals surface area contributed by atoms with E-state index in [2.05, 4.69) is 45.2 Å². The van der Waals surface area contributed by atoms with Crippen LogP contribution in [0.5, 0.6) is 0 Å². The van der Waals surface area contributed by atoms with Crippen LogP contribution in [0.15, 0.2) is 53.1 Å². The first-order chi connectivity index (χ1) is 7.34. The topological polar surface area (TPSA) is 12.9 Å². The zero-order valence-electron chi connectivity index (χ0n) is 8.36. The summed E-state index contributed by atoms with van der Waals surface area (Å²) in [5.41, 5.74) is 2.49. The van der Waals surface area contributed by atoms with Crippen molar-refractivity contribution in [3.63, 3.8) is 0 Å². The van der Waals surface area contributed by atoms with Crippen molar-refractivity contribution in [3.05, 3.63) is 64.4 Å². The van der Waals surface area contributed by atoms with Gasteiger partial charge in [-0.25, -0.2) is 0 Å². The number of halogens is 1. The standard InChI is InChI=1S/C13H12BrN/c14-12-5-3-4-11(10-12)7-8-13-6-1-2-9-15-13/h1-6,9-10H,7-8H2. The molecule has 15 heavy (non-hydrogen) atoms. The monoisotopic (exact) mass is 261 g/mol. The van der Waals surface area contributed by atoms with Crippen LogP contribution in [0, 0.1) is 0 Å². The molecule has 0 atom stereocenters. The largest absolute Gasteiger partial charge is 0.261 e. The van der Waals surface area contributed by atoms with Crippen LogP contribution in [-0.4, -0.2) is 4.98 Å². The minimum absolute atomic E-state index is 0.997. The number of hydrogen-bond donors (Lipinski definition) is 0. The Kier molecular flexibility index (Phi) is 3.51. The summed E-state index contributed by atoms with van der Waals surface area (Å²) < 4.78 is 1.14. The Morgan fingerprint density at radius 1 is 1.00 bits per heavy atom. The molecular weight excluding hydrogens is 250 g/mol. The van der Waals surface area contributed by atoms with Gasteiger partial charge in [-0.05, 0) is 42.7 Å². The Morgan fingerprint density at radius 2 is 1.93 bits per heavy atom. The van der Waals surface area contributed by atoms with Crippen molar-refractivity contribution in [2.24, 2.45) is 0 Å². The first-order valence-electron chi connectivity index (χ1n) is 4.99. The van der Waals surface area contributed by atoms with Gasteiger partial charge in [0, 0.05) is 16.4 Å². The molecule has 1 nitrogen and oxygen atoms in total. The van der Waals surface area contributed by atoms with Crippen molar-refractivity contribution in [2.45, 2.75) is 12.8 Å². The van der Waals surface area contributed by atoms with Gasteiger partial charge in [0.05, 0.1) is 0 Å². The molecule has 0 aliphatic heterocycles. The molecule has 0 fully saturated rings. The summed E-state index contributed by atoms with van der Waals surface area (Å²) in [5, 5.41) is 0. The van der Waals surface area contributed by atoms with Crippen molar-refractivity contribution in [3.8, 4) is 0 Å². The number of pyridine rings is 1. The van der Waals surface area contributed by atoms with E-state index in [9.17, 15) is 0 Å². The number of nitrogens with zero attached hydrogens (tertiary/aromatic N) is 1. The van der Waals surface area contributed by atoms with Crippen molar-refractivity contribution < 1.29 is 0 Å². The Hall–Kier alpha value is -1.15. The number of aromatic nitrogens is 1. The van der Waals surface area contributed by atoms with Crippen LogP contribution in [0.25, 0.3) is 0 Å². The fraction of sp³-hybridized carbons (Fsp3) is 0.154. The maximum Gasteiger partial charge on any atom is 0.0406 e. The molecule has 2 heteroatoms. The van der Waals surface area contributed by atoms with E-state index < -0.39 is 0 Å². The van der Waals surface area contributed by atoms with Crippen molar-refractivity contribution >= 4 is 15.9 Å². The van der Waals surface area contributed by atoms with Crippen LogP contribution < -0.4 is 0 Å². The average molecular weight is 262 g/mol. The smallest absolute Gasteiger partial charge is 0.0406 e. The molecule has 0 aliphatic rings. The van der Waals surface area contributed by atoms with E-state index in [-0.39, 0.29) is 0 Å². The highest BCUT2D eigenvalue weighted by molar-refractivity contribution is 9.10. The van der Waals surface area contributed by atoms with Crippen LogP contribution in [0.1, 0.15) is 11.3 Å². The van der Waals surface area contributed by atoms with Gasteiger partial charge in [-0.15, -0.1) is 0 Å². The molecule has 0 bridgehead atoms.